The van der Waals surface area contributed by atoms with Crippen molar-refractivity contribution in [2.24, 2.45) is 0 Å². The average Bonchev–Trinajstić information content (AvgIpc) is 3.26. The van der Waals surface area contributed by atoms with Gasteiger partial charge in [0.15, 0.2) is 0 Å². The van der Waals surface area contributed by atoms with E-state index in [1.807, 2.05) is 13.8 Å². The van der Waals surface area contributed by atoms with Crippen LogP contribution in [0.15, 0.2) is 212 Å². The second kappa shape index (κ2) is 17.4. The van der Waals surface area contributed by atoms with E-state index in [9.17, 15) is 0 Å². The van der Waals surface area contributed by atoms with Crippen LogP contribution in [-0.4, -0.2) is 0 Å². The predicted molar refractivity (Wildman–Crippen MR) is 240 cm³/mol. The Hall–Kier alpha value is -6.70. The number of nitrogens with zero attached hydrogens (tertiary/aromatic N) is 1. The van der Waals surface area contributed by atoms with E-state index in [4.69, 9.17) is 0 Å². The molecule has 0 aliphatic rings. The van der Waals surface area contributed by atoms with Crippen LogP contribution in [0.25, 0.3) is 54.9 Å². The van der Waals surface area contributed by atoms with Crippen LogP contribution in [0.4, 0.5) is 17.1 Å². The molecule has 268 valence electrons. The van der Waals surface area contributed by atoms with Crippen LogP contribution in [0.3, 0.4) is 0 Å². The van der Waals surface area contributed by atoms with E-state index in [1.165, 1.54) is 66.1 Å². The fraction of sp³-hybridized carbons (Fsp3) is 0.0741. The number of benzene rings is 9. The van der Waals surface area contributed by atoms with Gasteiger partial charge in [-0.2, -0.15) is 0 Å². The summed E-state index contributed by atoms with van der Waals surface area (Å²) in [5.74, 6) is 0. The van der Waals surface area contributed by atoms with Crippen molar-refractivity contribution in [1.29, 1.82) is 0 Å². The Morgan fingerprint density at radius 1 is 0.291 bits per heavy atom. The highest BCUT2D eigenvalue weighted by Gasteiger charge is 2.15. The van der Waals surface area contributed by atoms with Crippen molar-refractivity contribution in [3.05, 3.63) is 223 Å². The van der Waals surface area contributed by atoms with Crippen LogP contribution >= 0.6 is 0 Å². The lowest BCUT2D eigenvalue weighted by molar-refractivity contribution is 1.28. The summed E-state index contributed by atoms with van der Waals surface area (Å²) in [4.78, 5) is 2.35. The van der Waals surface area contributed by atoms with Gasteiger partial charge in [-0.15, -0.1) is 0 Å². The van der Waals surface area contributed by atoms with E-state index in [1.54, 1.807) is 0 Å². The van der Waals surface area contributed by atoms with Crippen LogP contribution in [0.5, 0.6) is 0 Å². The summed E-state index contributed by atoms with van der Waals surface area (Å²) in [6.07, 6.45) is 0. The molecule has 0 amide bonds. The van der Waals surface area contributed by atoms with Crippen LogP contribution < -0.4 is 4.90 Å². The van der Waals surface area contributed by atoms with Gasteiger partial charge in [-0.25, -0.2) is 0 Å². The van der Waals surface area contributed by atoms with Gasteiger partial charge in [0.05, 0.1) is 0 Å². The van der Waals surface area contributed by atoms with E-state index in [2.05, 4.69) is 231 Å². The molecular formula is C54H47N. The zero-order chi connectivity index (χ0) is 38.0. The molecule has 0 N–H and O–H groups in total. The lowest BCUT2D eigenvalue weighted by Gasteiger charge is -2.27. The van der Waals surface area contributed by atoms with Crippen molar-refractivity contribution < 1.29 is 0 Å². The van der Waals surface area contributed by atoms with Crippen molar-refractivity contribution in [2.75, 3.05) is 4.90 Å². The van der Waals surface area contributed by atoms with Gasteiger partial charge < -0.3 is 4.90 Å². The summed E-state index contributed by atoms with van der Waals surface area (Å²) >= 11 is 0. The average molecular weight is 710 g/mol. The molecule has 1 heteroatoms. The van der Waals surface area contributed by atoms with E-state index >= 15 is 0 Å². The summed E-state index contributed by atoms with van der Waals surface area (Å²) in [7, 11) is 0. The molecule has 9 rings (SSSR count). The monoisotopic (exact) mass is 709 g/mol. The minimum absolute atomic E-state index is 1.12. The Morgan fingerprint density at radius 2 is 0.673 bits per heavy atom. The first-order valence-corrected chi connectivity index (χ1v) is 19.3. The lowest BCUT2D eigenvalue weighted by atomic mass is 9.98. The zero-order valence-electron chi connectivity index (χ0n) is 32.2. The molecule has 1 nitrogen and oxygen atoms in total. The van der Waals surface area contributed by atoms with Crippen LogP contribution in [0.1, 0.15) is 25.0 Å². The number of hydrogen-bond acceptors (Lipinski definition) is 1. The first-order chi connectivity index (χ1) is 27.1. The number of anilines is 3. The van der Waals surface area contributed by atoms with E-state index in [-0.39, 0.29) is 0 Å². The highest BCUT2D eigenvalue weighted by Crippen LogP contribution is 2.39. The summed E-state index contributed by atoms with van der Waals surface area (Å²) in [5, 5.41) is 5.37. The second-order valence-corrected chi connectivity index (χ2v) is 13.5. The molecule has 0 spiro atoms. The van der Waals surface area contributed by atoms with E-state index in [0.29, 0.717) is 0 Å². The first kappa shape index (κ1) is 36.6. The quantitative estimate of drug-likeness (QED) is 0.155. The molecule has 0 radical (unpaired) electrons. The Morgan fingerprint density at radius 3 is 1.15 bits per heavy atom. The third-order valence-corrected chi connectivity index (χ3v) is 9.97. The maximum absolute atomic E-state index is 2.35. The zero-order valence-corrected chi connectivity index (χ0v) is 32.2. The third kappa shape index (κ3) is 8.43. The maximum Gasteiger partial charge on any atom is 0.0467 e. The van der Waals surface area contributed by atoms with Crippen molar-refractivity contribution in [1.82, 2.24) is 0 Å². The summed E-state index contributed by atoms with van der Waals surface area (Å²) in [5.41, 5.74) is 13.3. The summed E-state index contributed by atoms with van der Waals surface area (Å²) in [6, 6.07) is 75.7. The van der Waals surface area contributed by atoms with Crippen molar-refractivity contribution >= 4 is 38.6 Å². The molecule has 0 aliphatic heterocycles. The molecule has 0 aromatic heterocycles. The topological polar surface area (TPSA) is 3.24 Å². The first-order valence-electron chi connectivity index (χ1n) is 19.3. The summed E-state index contributed by atoms with van der Waals surface area (Å²) < 4.78 is 0. The Labute approximate surface area is 326 Å². The molecule has 9 aromatic carbocycles. The number of aryl methyl sites for hydroxylation is 2. The number of rotatable bonds is 6. The lowest BCUT2D eigenvalue weighted by Crippen LogP contribution is -2.10. The van der Waals surface area contributed by atoms with E-state index < -0.39 is 0 Å². The third-order valence-electron chi connectivity index (χ3n) is 9.97. The normalized spacial score (nSPS) is 10.5. The Kier molecular flexibility index (Phi) is 11.6. The van der Waals surface area contributed by atoms with Crippen LogP contribution in [0.2, 0.25) is 0 Å². The smallest absolute Gasteiger partial charge is 0.0467 e. The molecule has 0 saturated heterocycles. The highest BCUT2D eigenvalue weighted by molar-refractivity contribution is 6.02. The molecular weight excluding hydrogens is 663 g/mol. The van der Waals surface area contributed by atoms with Gasteiger partial charge in [-0.1, -0.05) is 189 Å². The highest BCUT2D eigenvalue weighted by atomic mass is 15.1. The fourth-order valence-corrected chi connectivity index (χ4v) is 7.15. The molecule has 9 aromatic rings. The fourth-order valence-electron chi connectivity index (χ4n) is 7.15. The minimum Gasteiger partial charge on any atom is -0.310 e. The minimum atomic E-state index is 1.12. The maximum atomic E-state index is 2.35. The van der Waals surface area contributed by atoms with Gasteiger partial charge in [0.2, 0.25) is 0 Å². The van der Waals surface area contributed by atoms with Gasteiger partial charge in [-0.05, 0) is 117 Å². The Balaban J connectivity index is 0.000000227. The van der Waals surface area contributed by atoms with Gasteiger partial charge in [-0.3, -0.25) is 0 Å². The molecule has 55 heavy (non-hydrogen) atoms. The molecule has 0 unspecified atom stereocenters. The van der Waals surface area contributed by atoms with Crippen molar-refractivity contribution in [2.45, 2.75) is 27.7 Å². The van der Waals surface area contributed by atoms with Gasteiger partial charge in [0.1, 0.15) is 0 Å². The predicted octanol–water partition coefficient (Wildman–Crippen LogP) is 15.8. The molecule has 0 saturated carbocycles. The molecule has 0 fully saturated rings. The largest absolute Gasteiger partial charge is 0.310 e. The standard InChI is InChI=1S/C37H29N.C15H12.C2H6/c1-28-18-20-31(21-19-28)32-22-24-35(25-23-32)38(36-16-8-14-33(26-36)29-10-4-2-5-11-29)37-17-9-15-34(27-37)30-12-6-3-7-13-30;1-11-14-8-4-2-6-12(14)10-13-7-3-5-9-15(11)13;1-2/h2-27H,1H3;2-10H,1H3;1-2H3. The van der Waals surface area contributed by atoms with Crippen molar-refractivity contribution in [3.8, 4) is 33.4 Å². The summed E-state index contributed by atoms with van der Waals surface area (Å²) in [6.45, 7) is 8.32. The van der Waals surface area contributed by atoms with E-state index in [0.717, 1.165) is 17.1 Å². The van der Waals surface area contributed by atoms with Gasteiger partial charge in [0.25, 0.3) is 0 Å². The second-order valence-electron chi connectivity index (χ2n) is 13.5. The van der Waals surface area contributed by atoms with Crippen LogP contribution in [0, 0.1) is 13.8 Å². The molecule has 0 bridgehead atoms. The molecule has 0 heterocycles. The van der Waals surface area contributed by atoms with Gasteiger partial charge in [0, 0.05) is 17.1 Å². The van der Waals surface area contributed by atoms with Crippen LogP contribution in [-0.2, 0) is 0 Å². The number of hydrogen-bond donors (Lipinski definition) is 0. The number of fused-ring (bicyclic) bond motifs is 2. The van der Waals surface area contributed by atoms with Gasteiger partial charge >= 0.3 is 0 Å². The molecule has 0 atom stereocenters. The molecule has 0 aliphatic carbocycles. The Bertz CT molecular complexity index is 2470. The van der Waals surface area contributed by atoms with Crippen molar-refractivity contribution in [3.63, 3.8) is 0 Å². The SMILES string of the molecule is CC.Cc1c2ccccc2cc2ccccc12.Cc1ccc(-c2ccc(N(c3cccc(-c4ccccc4)c3)c3cccc(-c4ccccc4)c3)cc2)cc1.